The number of hydrogen-bond acceptors (Lipinski definition) is 4. The molecule has 0 aromatic rings. The Morgan fingerprint density at radius 1 is 1.14 bits per heavy atom. The summed E-state index contributed by atoms with van der Waals surface area (Å²) in [7, 11) is 2.18. The number of Topliss-reactive ketones (excluding diaryl/α,β-unsaturated/α-hetero) is 1. The van der Waals surface area contributed by atoms with Crippen LogP contribution < -0.4 is 5.32 Å². The first kappa shape index (κ1) is 24.6. The van der Waals surface area contributed by atoms with Crippen LogP contribution in [-0.4, -0.2) is 47.7 Å². The lowest BCUT2D eigenvalue weighted by molar-refractivity contribution is -0.129. The molecule has 3 saturated carbocycles. The second-order valence-corrected chi connectivity index (χ2v) is 14.4. The van der Waals surface area contributed by atoms with Crippen molar-refractivity contribution in [2.45, 2.75) is 129 Å². The van der Waals surface area contributed by atoms with Gasteiger partial charge in [-0.05, 0) is 114 Å². The third kappa shape index (κ3) is 3.59. The van der Waals surface area contributed by atoms with Gasteiger partial charge in [-0.1, -0.05) is 25.0 Å². The molecule has 196 valence electrons. The minimum Gasteiger partial charge on any atom is -0.368 e. The summed E-state index contributed by atoms with van der Waals surface area (Å²) in [5.41, 5.74) is 3.81. The highest BCUT2D eigenvalue weighted by molar-refractivity contribution is 5.79. The molecule has 35 heavy (non-hydrogen) atoms. The van der Waals surface area contributed by atoms with E-state index in [1.165, 1.54) is 45.1 Å². The second-order valence-electron chi connectivity index (χ2n) is 14.4. The molecule has 0 amide bonds. The normalized spacial score (nSPS) is 50.2. The summed E-state index contributed by atoms with van der Waals surface area (Å²) in [5.74, 6) is 4.23. The summed E-state index contributed by atoms with van der Waals surface area (Å²) < 4.78 is 7.23. The fourth-order valence-corrected chi connectivity index (χ4v) is 10.6. The summed E-state index contributed by atoms with van der Waals surface area (Å²) in [6.07, 6.45) is 13.0. The molecule has 6 aliphatic rings. The molecule has 2 saturated heterocycles. The van der Waals surface area contributed by atoms with E-state index >= 15 is 0 Å². The Hall–Kier alpha value is -0.710. The van der Waals surface area contributed by atoms with Crippen LogP contribution in [0.3, 0.4) is 0 Å². The fraction of sp³-hybridized carbons (Fsp3) is 0.903. The number of piperidine rings is 1. The average Bonchev–Trinajstić information content (AvgIpc) is 3.30. The molecule has 4 aliphatic carbocycles. The Bertz CT molecular complexity index is 912. The summed E-state index contributed by atoms with van der Waals surface area (Å²) in [6, 6.07) is 0.523. The van der Waals surface area contributed by atoms with Crippen LogP contribution in [0.5, 0.6) is 0 Å². The van der Waals surface area contributed by atoms with Gasteiger partial charge < -0.3 is 4.74 Å². The number of allylic oxidation sites excluding steroid dienone is 1. The SMILES string of the molecule is CNC12CC3(CCC4C(=C(C)C3)CC3C4CCC4CC(=O)CCC43C)OC1CC(C)CN2C(C)C. The molecule has 1 spiro atoms. The van der Waals surface area contributed by atoms with Gasteiger partial charge in [-0.15, -0.1) is 0 Å². The van der Waals surface area contributed by atoms with E-state index < -0.39 is 0 Å². The second kappa shape index (κ2) is 8.40. The highest BCUT2D eigenvalue weighted by Crippen LogP contribution is 2.65. The summed E-state index contributed by atoms with van der Waals surface area (Å²) in [4.78, 5) is 15.0. The van der Waals surface area contributed by atoms with E-state index in [0.717, 1.165) is 49.9 Å². The summed E-state index contributed by atoms with van der Waals surface area (Å²) in [5, 5.41) is 3.83. The van der Waals surface area contributed by atoms with Crippen molar-refractivity contribution in [3.8, 4) is 0 Å². The van der Waals surface area contributed by atoms with E-state index in [-0.39, 0.29) is 17.4 Å². The average molecular weight is 483 g/mol. The van der Waals surface area contributed by atoms with E-state index in [1.54, 1.807) is 5.57 Å². The van der Waals surface area contributed by atoms with Crippen molar-refractivity contribution >= 4 is 5.78 Å². The molecule has 2 aliphatic heterocycles. The molecular weight excluding hydrogens is 432 g/mol. The number of carbonyl (C=O) groups is 1. The van der Waals surface area contributed by atoms with Gasteiger partial charge in [0, 0.05) is 31.8 Å². The molecule has 0 bridgehead atoms. The van der Waals surface area contributed by atoms with Gasteiger partial charge in [-0.25, -0.2) is 0 Å². The first-order valence-corrected chi connectivity index (χ1v) is 14.9. The molecular formula is C31H50N2O2. The first-order chi connectivity index (χ1) is 16.6. The van der Waals surface area contributed by atoms with Crippen molar-refractivity contribution in [3.05, 3.63) is 11.1 Å². The summed E-state index contributed by atoms with van der Waals surface area (Å²) in [6.45, 7) is 13.3. The Kier molecular flexibility index (Phi) is 5.91. The number of ketones is 1. The quantitative estimate of drug-likeness (QED) is 0.483. The smallest absolute Gasteiger partial charge is 0.133 e. The number of likely N-dealkylation sites (N-methyl/N-ethyl adjacent to an activating group) is 1. The molecule has 9 atom stereocenters. The standard InChI is InChI=1S/C31H50N2O2/c1-19(2)33-17-20(3)13-28-31(33,32-6)18-30(35-28)12-10-24-25-8-7-22-14-23(34)9-11-29(22,5)27(25)15-26(24)21(4)16-30/h19-20,22,24-25,27-28,32H,7-18H2,1-6H3. The maximum atomic E-state index is 12.3. The largest absolute Gasteiger partial charge is 0.368 e. The van der Waals surface area contributed by atoms with Gasteiger partial charge in [-0.2, -0.15) is 0 Å². The number of fused-ring (bicyclic) bond motifs is 6. The maximum Gasteiger partial charge on any atom is 0.133 e. The molecule has 0 radical (unpaired) electrons. The van der Waals surface area contributed by atoms with Crippen LogP contribution in [0, 0.1) is 35.0 Å². The van der Waals surface area contributed by atoms with Crippen LogP contribution in [0.4, 0.5) is 0 Å². The molecule has 1 N–H and O–H groups in total. The predicted molar refractivity (Wildman–Crippen MR) is 141 cm³/mol. The molecule has 0 aromatic carbocycles. The van der Waals surface area contributed by atoms with E-state index in [0.29, 0.717) is 29.1 Å². The van der Waals surface area contributed by atoms with Crippen molar-refractivity contribution in [1.29, 1.82) is 0 Å². The van der Waals surface area contributed by atoms with Gasteiger partial charge >= 0.3 is 0 Å². The Morgan fingerprint density at radius 3 is 2.69 bits per heavy atom. The molecule has 4 nitrogen and oxygen atoms in total. The topological polar surface area (TPSA) is 41.6 Å². The Labute approximate surface area is 214 Å². The van der Waals surface area contributed by atoms with E-state index in [1.807, 2.05) is 5.57 Å². The molecule has 2 heterocycles. The zero-order valence-corrected chi connectivity index (χ0v) is 23.3. The zero-order valence-electron chi connectivity index (χ0n) is 23.3. The van der Waals surface area contributed by atoms with Gasteiger partial charge in [0.05, 0.1) is 11.7 Å². The minimum absolute atomic E-state index is 0.0137. The molecule has 0 aromatic heterocycles. The Morgan fingerprint density at radius 2 is 1.94 bits per heavy atom. The van der Waals surface area contributed by atoms with Crippen LogP contribution in [0.2, 0.25) is 0 Å². The van der Waals surface area contributed by atoms with E-state index in [9.17, 15) is 4.79 Å². The van der Waals surface area contributed by atoms with Crippen LogP contribution >= 0.6 is 0 Å². The highest BCUT2D eigenvalue weighted by Gasteiger charge is 2.62. The van der Waals surface area contributed by atoms with Gasteiger partial charge in [0.15, 0.2) is 0 Å². The number of hydrogen-bond donors (Lipinski definition) is 1. The first-order valence-electron chi connectivity index (χ1n) is 14.9. The third-order valence-corrected chi connectivity index (χ3v) is 12.2. The fourth-order valence-electron chi connectivity index (χ4n) is 10.6. The molecule has 9 unspecified atom stereocenters. The van der Waals surface area contributed by atoms with Crippen LogP contribution in [0.25, 0.3) is 0 Å². The van der Waals surface area contributed by atoms with E-state index in [2.05, 4.69) is 51.9 Å². The van der Waals surface area contributed by atoms with Crippen molar-refractivity contribution in [2.24, 2.45) is 35.0 Å². The third-order valence-electron chi connectivity index (χ3n) is 12.2. The number of nitrogens with one attached hydrogen (secondary N) is 1. The van der Waals surface area contributed by atoms with Gasteiger partial charge in [0.1, 0.15) is 11.4 Å². The molecule has 6 rings (SSSR count). The van der Waals surface area contributed by atoms with Crippen LogP contribution in [0.1, 0.15) is 105 Å². The van der Waals surface area contributed by atoms with Crippen molar-refractivity contribution < 1.29 is 9.53 Å². The van der Waals surface area contributed by atoms with E-state index in [4.69, 9.17) is 4.74 Å². The van der Waals surface area contributed by atoms with Crippen molar-refractivity contribution in [2.75, 3.05) is 13.6 Å². The molecule has 4 heteroatoms. The van der Waals surface area contributed by atoms with Gasteiger partial charge in [0.2, 0.25) is 0 Å². The van der Waals surface area contributed by atoms with Crippen LogP contribution in [-0.2, 0) is 9.53 Å². The Balaban J connectivity index is 1.29. The lowest BCUT2D eigenvalue weighted by atomic mass is 9.52. The number of nitrogens with zero attached hydrogens (tertiary/aromatic N) is 1. The van der Waals surface area contributed by atoms with Crippen molar-refractivity contribution in [3.63, 3.8) is 0 Å². The summed E-state index contributed by atoms with van der Waals surface area (Å²) >= 11 is 0. The van der Waals surface area contributed by atoms with Crippen LogP contribution in [0.15, 0.2) is 11.1 Å². The zero-order chi connectivity index (χ0) is 24.8. The lowest BCUT2D eigenvalue weighted by Gasteiger charge is -2.52. The number of carbonyl (C=O) groups excluding carboxylic acids is 1. The highest BCUT2D eigenvalue weighted by atomic mass is 16.5. The van der Waals surface area contributed by atoms with Gasteiger partial charge in [-0.3, -0.25) is 15.0 Å². The molecule has 5 fully saturated rings. The number of rotatable bonds is 2. The number of likely N-dealkylation sites (tertiary alicyclic amines) is 1. The number of ether oxygens (including phenoxy) is 1. The minimum atomic E-state index is -0.0201. The van der Waals surface area contributed by atoms with Gasteiger partial charge in [0.25, 0.3) is 0 Å². The maximum absolute atomic E-state index is 12.3. The lowest BCUT2D eigenvalue weighted by Crippen LogP contribution is -2.68. The monoisotopic (exact) mass is 482 g/mol. The van der Waals surface area contributed by atoms with Crippen molar-refractivity contribution in [1.82, 2.24) is 10.2 Å². The predicted octanol–water partition coefficient (Wildman–Crippen LogP) is 6.10.